The number of hydrogen-bond donors (Lipinski definition) is 1. The number of furan rings is 1. The molecule has 2 N–H and O–H groups in total. The lowest BCUT2D eigenvalue weighted by atomic mass is 9.94. The minimum atomic E-state index is 0.0490. The van der Waals surface area contributed by atoms with E-state index in [0.717, 1.165) is 31.7 Å². The molecular formula is C11H16N2O2. The first kappa shape index (κ1) is 10.2. The van der Waals surface area contributed by atoms with E-state index in [9.17, 15) is 4.79 Å². The van der Waals surface area contributed by atoms with E-state index in [-0.39, 0.29) is 12.5 Å². The zero-order valence-corrected chi connectivity index (χ0v) is 8.69. The van der Waals surface area contributed by atoms with Gasteiger partial charge in [0.05, 0.1) is 12.8 Å². The summed E-state index contributed by atoms with van der Waals surface area (Å²) in [6.45, 7) is 1.70. The second-order valence-corrected chi connectivity index (χ2v) is 3.87. The highest BCUT2D eigenvalue weighted by Crippen LogP contribution is 2.27. The van der Waals surface area contributed by atoms with E-state index in [4.69, 9.17) is 10.2 Å². The first-order chi connectivity index (χ1) is 7.31. The molecule has 2 heterocycles. The van der Waals surface area contributed by atoms with Crippen molar-refractivity contribution in [1.29, 1.82) is 0 Å². The van der Waals surface area contributed by atoms with Gasteiger partial charge in [-0.3, -0.25) is 4.79 Å². The number of carbonyl (C=O) groups is 1. The van der Waals surface area contributed by atoms with Crippen molar-refractivity contribution >= 4 is 5.91 Å². The Bertz CT molecular complexity index is 313. The van der Waals surface area contributed by atoms with Crippen LogP contribution in [-0.2, 0) is 4.79 Å². The molecule has 1 aliphatic rings. The van der Waals surface area contributed by atoms with E-state index >= 15 is 0 Å². The molecule has 4 heteroatoms. The third-order valence-electron chi connectivity index (χ3n) is 2.97. The number of piperidine rings is 1. The molecule has 0 radical (unpaired) electrons. The maximum absolute atomic E-state index is 11.3. The molecule has 82 valence electrons. The fraction of sp³-hybridized carbons (Fsp3) is 0.545. The van der Waals surface area contributed by atoms with Crippen LogP contribution in [0.1, 0.15) is 24.5 Å². The lowest BCUT2D eigenvalue weighted by Crippen LogP contribution is -2.41. The third-order valence-corrected chi connectivity index (χ3v) is 2.97. The molecule has 1 amide bonds. The quantitative estimate of drug-likeness (QED) is 0.787. The Morgan fingerprint density at radius 1 is 1.53 bits per heavy atom. The number of likely N-dealkylation sites (tertiary alicyclic amines) is 1. The maximum Gasteiger partial charge on any atom is 0.236 e. The van der Waals surface area contributed by atoms with E-state index in [2.05, 4.69) is 0 Å². The standard InChI is InChI=1S/C11H16N2O2/c12-8-11(14)13-5-3-9(4-6-13)10-2-1-7-15-10/h1-2,7,9H,3-6,8,12H2. The van der Waals surface area contributed by atoms with E-state index in [0.29, 0.717) is 5.92 Å². The van der Waals surface area contributed by atoms with E-state index < -0.39 is 0 Å². The minimum Gasteiger partial charge on any atom is -0.469 e. The number of nitrogens with two attached hydrogens (primary N) is 1. The van der Waals surface area contributed by atoms with Gasteiger partial charge < -0.3 is 15.1 Å². The summed E-state index contributed by atoms with van der Waals surface area (Å²) < 4.78 is 5.37. The van der Waals surface area contributed by atoms with Crippen LogP contribution in [0.3, 0.4) is 0 Å². The molecule has 0 unspecified atom stereocenters. The highest BCUT2D eigenvalue weighted by Gasteiger charge is 2.24. The summed E-state index contributed by atoms with van der Waals surface area (Å²) in [6.07, 6.45) is 3.64. The van der Waals surface area contributed by atoms with Crippen LogP contribution in [0.15, 0.2) is 22.8 Å². The van der Waals surface area contributed by atoms with Crippen LogP contribution in [-0.4, -0.2) is 30.4 Å². The Balaban J connectivity index is 1.90. The van der Waals surface area contributed by atoms with Crippen LogP contribution >= 0.6 is 0 Å². The monoisotopic (exact) mass is 208 g/mol. The predicted molar refractivity (Wildman–Crippen MR) is 56.3 cm³/mol. The van der Waals surface area contributed by atoms with Gasteiger partial charge in [-0.1, -0.05) is 0 Å². The fourth-order valence-electron chi connectivity index (χ4n) is 2.07. The van der Waals surface area contributed by atoms with Crippen LogP contribution in [0.5, 0.6) is 0 Å². The topological polar surface area (TPSA) is 59.5 Å². The molecule has 15 heavy (non-hydrogen) atoms. The molecule has 4 nitrogen and oxygen atoms in total. The minimum absolute atomic E-state index is 0.0490. The average molecular weight is 208 g/mol. The Morgan fingerprint density at radius 2 is 2.27 bits per heavy atom. The van der Waals surface area contributed by atoms with Crippen LogP contribution < -0.4 is 5.73 Å². The van der Waals surface area contributed by atoms with Crippen LogP contribution in [0, 0.1) is 0 Å². The molecule has 1 saturated heterocycles. The molecule has 0 aliphatic carbocycles. The zero-order chi connectivity index (χ0) is 10.7. The second-order valence-electron chi connectivity index (χ2n) is 3.87. The second kappa shape index (κ2) is 4.49. The number of rotatable bonds is 2. The lowest BCUT2D eigenvalue weighted by Gasteiger charge is -2.30. The first-order valence-corrected chi connectivity index (χ1v) is 5.32. The van der Waals surface area contributed by atoms with Crippen molar-refractivity contribution in [1.82, 2.24) is 4.90 Å². The lowest BCUT2D eigenvalue weighted by molar-refractivity contribution is -0.130. The van der Waals surface area contributed by atoms with Crippen molar-refractivity contribution in [3.63, 3.8) is 0 Å². The molecule has 1 aliphatic heterocycles. The van der Waals surface area contributed by atoms with E-state index in [1.807, 2.05) is 17.0 Å². The van der Waals surface area contributed by atoms with Crippen molar-refractivity contribution in [2.45, 2.75) is 18.8 Å². The van der Waals surface area contributed by atoms with Crippen molar-refractivity contribution in [2.24, 2.45) is 5.73 Å². The molecule has 1 aromatic heterocycles. The Morgan fingerprint density at radius 3 is 2.80 bits per heavy atom. The summed E-state index contributed by atoms with van der Waals surface area (Å²) in [5, 5.41) is 0. The van der Waals surface area contributed by atoms with Gasteiger partial charge >= 0.3 is 0 Å². The van der Waals surface area contributed by atoms with Gasteiger partial charge in [0.1, 0.15) is 5.76 Å². The summed E-state index contributed by atoms with van der Waals surface area (Å²) in [4.78, 5) is 13.2. The molecule has 1 aromatic rings. The SMILES string of the molecule is NCC(=O)N1CCC(c2ccco2)CC1. The van der Waals surface area contributed by atoms with Crippen molar-refractivity contribution in [2.75, 3.05) is 19.6 Å². The summed E-state index contributed by atoms with van der Waals surface area (Å²) in [7, 11) is 0. The molecule has 0 saturated carbocycles. The van der Waals surface area contributed by atoms with Crippen molar-refractivity contribution in [3.05, 3.63) is 24.2 Å². The average Bonchev–Trinajstić information content (AvgIpc) is 2.82. The molecule has 1 fully saturated rings. The van der Waals surface area contributed by atoms with Crippen molar-refractivity contribution in [3.8, 4) is 0 Å². The molecule has 0 spiro atoms. The van der Waals surface area contributed by atoms with Gasteiger partial charge in [-0.05, 0) is 25.0 Å². The number of hydrogen-bond acceptors (Lipinski definition) is 3. The van der Waals surface area contributed by atoms with Gasteiger partial charge in [0.25, 0.3) is 0 Å². The summed E-state index contributed by atoms with van der Waals surface area (Å²) in [5.41, 5.74) is 5.32. The molecule has 0 atom stereocenters. The predicted octanol–water partition coefficient (Wildman–Crippen LogP) is 0.944. The highest BCUT2D eigenvalue weighted by atomic mass is 16.3. The largest absolute Gasteiger partial charge is 0.469 e. The summed E-state index contributed by atoms with van der Waals surface area (Å²) >= 11 is 0. The number of carbonyl (C=O) groups excluding carboxylic acids is 1. The summed E-state index contributed by atoms with van der Waals surface area (Å²) in [6, 6.07) is 3.91. The molecular weight excluding hydrogens is 192 g/mol. The van der Waals surface area contributed by atoms with Gasteiger partial charge in [0.15, 0.2) is 0 Å². The van der Waals surface area contributed by atoms with Gasteiger partial charge in [-0.15, -0.1) is 0 Å². The smallest absolute Gasteiger partial charge is 0.236 e. The van der Waals surface area contributed by atoms with Crippen LogP contribution in [0.25, 0.3) is 0 Å². The normalized spacial score (nSPS) is 18.1. The fourth-order valence-corrected chi connectivity index (χ4v) is 2.07. The van der Waals surface area contributed by atoms with E-state index in [1.165, 1.54) is 0 Å². The maximum atomic E-state index is 11.3. The van der Waals surface area contributed by atoms with Gasteiger partial charge in [0, 0.05) is 19.0 Å². The number of amides is 1. The third kappa shape index (κ3) is 2.21. The number of nitrogens with zero attached hydrogens (tertiary/aromatic N) is 1. The van der Waals surface area contributed by atoms with Gasteiger partial charge in [0.2, 0.25) is 5.91 Å². The van der Waals surface area contributed by atoms with Gasteiger partial charge in [-0.25, -0.2) is 0 Å². The Labute approximate surface area is 89.0 Å². The zero-order valence-electron chi connectivity index (χ0n) is 8.69. The van der Waals surface area contributed by atoms with Crippen LogP contribution in [0.2, 0.25) is 0 Å². The highest BCUT2D eigenvalue weighted by molar-refractivity contribution is 5.78. The van der Waals surface area contributed by atoms with E-state index in [1.54, 1.807) is 6.26 Å². The Kier molecular flexibility index (Phi) is 3.06. The summed E-state index contributed by atoms with van der Waals surface area (Å²) in [5.74, 6) is 1.55. The van der Waals surface area contributed by atoms with Gasteiger partial charge in [-0.2, -0.15) is 0 Å². The molecule has 2 rings (SSSR count). The van der Waals surface area contributed by atoms with Crippen LogP contribution in [0.4, 0.5) is 0 Å². The molecule has 0 aromatic carbocycles. The Hall–Kier alpha value is -1.29. The molecule has 0 bridgehead atoms. The van der Waals surface area contributed by atoms with Crippen molar-refractivity contribution < 1.29 is 9.21 Å². The first-order valence-electron chi connectivity index (χ1n) is 5.32.